The fourth-order valence-corrected chi connectivity index (χ4v) is 7.15. The fraction of sp³-hybridized carbons (Fsp3) is 0.692. The van der Waals surface area contributed by atoms with E-state index in [4.69, 9.17) is 20.1 Å². The van der Waals surface area contributed by atoms with Crippen LogP contribution in [0.25, 0.3) is 10.2 Å². The van der Waals surface area contributed by atoms with Crippen molar-refractivity contribution in [3.63, 3.8) is 0 Å². The van der Waals surface area contributed by atoms with Crippen LogP contribution >= 0.6 is 11.5 Å². The summed E-state index contributed by atoms with van der Waals surface area (Å²) < 4.78 is 9.99. The summed E-state index contributed by atoms with van der Waals surface area (Å²) in [7, 11) is 2.29. The Kier molecular flexibility index (Phi) is 7.29. The minimum atomic E-state index is 0.363. The van der Waals surface area contributed by atoms with Gasteiger partial charge < -0.3 is 26.1 Å². The first-order valence-corrected chi connectivity index (χ1v) is 14.5. The highest BCUT2D eigenvalue weighted by molar-refractivity contribution is 7.13. The predicted octanol–water partition coefficient (Wildman–Crippen LogP) is 3.18. The van der Waals surface area contributed by atoms with Gasteiger partial charge in [0.2, 0.25) is 5.95 Å². The SMILES string of the molecule is Cc1nsc2nc(N/C(C=N)=C/NC3CCOCC3)nc(N[C@H]3CC[C@H](N4CC5CC(C4)N5C)CC3)c12. The molecule has 6 heterocycles. The smallest absolute Gasteiger partial charge is 0.230 e. The van der Waals surface area contributed by atoms with Gasteiger partial charge in [-0.2, -0.15) is 14.3 Å². The zero-order chi connectivity index (χ0) is 25.4. The first-order chi connectivity index (χ1) is 18.1. The lowest BCUT2D eigenvalue weighted by atomic mass is 9.84. The average molecular weight is 526 g/mol. The second kappa shape index (κ2) is 10.8. The molecular weight excluding hydrogens is 486 g/mol. The van der Waals surface area contributed by atoms with Gasteiger partial charge in [0.15, 0.2) is 4.83 Å². The Morgan fingerprint density at radius 2 is 1.78 bits per heavy atom. The molecule has 5 fully saturated rings. The number of piperidine rings is 1. The molecule has 7 rings (SSSR count). The molecule has 0 amide bonds. The van der Waals surface area contributed by atoms with Gasteiger partial charge in [0, 0.05) is 68.9 Å². The van der Waals surface area contributed by atoms with E-state index in [0.717, 1.165) is 72.7 Å². The average Bonchev–Trinajstić information content (AvgIpc) is 3.32. The van der Waals surface area contributed by atoms with Gasteiger partial charge >= 0.3 is 0 Å². The monoisotopic (exact) mass is 525 g/mol. The number of allylic oxidation sites excluding steroid dienone is 1. The maximum Gasteiger partial charge on any atom is 0.230 e. The summed E-state index contributed by atoms with van der Waals surface area (Å²) >= 11 is 1.40. The van der Waals surface area contributed by atoms with E-state index in [1.165, 1.54) is 50.1 Å². The Balaban J connectivity index is 1.11. The van der Waals surface area contributed by atoms with Gasteiger partial charge in [-0.3, -0.25) is 9.80 Å². The molecule has 37 heavy (non-hydrogen) atoms. The molecule has 2 unspecified atom stereocenters. The normalized spacial score (nSPS) is 29.6. The lowest BCUT2D eigenvalue weighted by Gasteiger charge is -2.57. The van der Waals surface area contributed by atoms with Crippen LogP contribution in [0, 0.1) is 12.3 Å². The van der Waals surface area contributed by atoms with Gasteiger partial charge in [-0.05, 0) is 70.4 Å². The fourth-order valence-electron chi connectivity index (χ4n) is 6.37. The number of hydrogen-bond donors (Lipinski definition) is 4. The van der Waals surface area contributed by atoms with Gasteiger partial charge in [0.1, 0.15) is 5.82 Å². The van der Waals surface area contributed by atoms with E-state index in [-0.39, 0.29) is 0 Å². The van der Waals surface area contributed by atoms with Crippen molar-refractivity contribution in [2.45, 2.75) is 82.1 Å². The number of rotatable bonds is 8. The number of fused-ring (bicyclic) bond motifs is 3. The molecule has 11 heteroatoms. The molecule has 2 atom stereocenters. The van der Waals surface area contributed by atoms with E-state index in [2.05, 4.69) is 37.2 Å². The lowest BCUT2D eigenvalue weighted by Crippen LogP contribution is -2.68. The van der Waals surface area contributed by atoms with Crippen LogP contribution in [0.5, 0.6) is 0 Å². The van der Waals surface area contributed by atoms with E-state index in [1.807, 2.05) is 13.1 Å². The number of aryl methyl sites for hydroxylation is 1. The zero-order valence-electron chi connectivity index (χ0n) is 21.9. The summed E-state index contributed by atoms with van der Waals surface area (Å²) in [5, 5.41) is 19.3. The summed E-state index contributed by atoms with van der Waals surface area (Å²) in [6.07, 6.45) is 11.3. The van der Waals surface area contributed by atoms with E-state index < -0.39 is 0 Å². The zero-order valence-corrected chi connectivity index (χ0v) is 22.7. The van der Waals surface area contributed by atoms with Crippen molar-refractivity contribution in [3.05, 3.63) is 17.6 Å². The highest BCUT2D eigenvalue weighted by Gasteiger charge is 2.44. The van der Waals surface area contributed by atoms with Crippen LogP contribution in [-0.4, -0.2) is 93.9 Å². The molecule has 1 aliphatic carbocycles. The third-order valence-electron chi connectivity index (χ3n) is 8.75. The lowest BCUT2D eigenvalue weighted by molar-refractivity contribution is -0.0701. The van der Waals surface area contributed by atoms with Crippen molar-refractivity contribution in [1.29, 1.82) is 5.41 Å². The largest absolute Gasteiger partial charge is 0.386 e. The highest BCUT2D eigenvalue weighted by Crippen LogP contribution is 2.36. The first-order valence-electron chi connectivity index (χ1n) is 13.8. The molecule has 4 N–H and O–H groups in total. The first kappa shape index (κ1) is 25.0. The van der Waals surface area contributed by atoms with E-state index >= 15 is 0 Å². The van der Waals surface area contributed by atoms with E-state index in [0.29, 0.717) is 29.8 Å². The number of hydrogen-bond acceptors (Lipinski definition) is 11. The maximum absolute atomic E-state index is 7.87. The van der Waals surface area contributed by atoms with Crippen LogP contribution in [-0.2, 0) is 4.74 Å². The van der Waals surface area contributed by atoms with Crippen LogP contribution in [0.4, 0.5) is 11.8 Å². The number of aromatic nitrogens is 3. The molecule has 0 radical (unpaired) electrons. The van der Waals surface area contributed by atoms with Crippen molar-refractivity contribution < 1.29 is 4.74 Å². The topological polar surface area (TPSA) is 114 Å². The predicted molar refractivity (Wildman–Crippen MR) is 149 cm³/mol. The molecule has 4 aliphatic heterocycles. The van der Waals surface area contributed by atoms with Crippen molar-refractivity contribution >= 4 is 39.7 Å². The van der Waals surface area contributed by atoms with Crippen molar-refractivity contribution in [3.8, 4) is 0 Å². The summed E-state index contributed by atoms with van der Waals surface area (Å²) in [4.78, 5) is 15.8. The molecule has 1 saturated carbocycles. The van der Waals surface area contributed by atoms with E-state index in [9.17, 15) is 0 Å². The quantitative estimate of drug-likeness (QED) is 0.386. The summed E-state index contributed by atoms with van der Waals surface area (Å²) in [6, 6.07) is 3.03. The van der Waals surface area contributed by atoms with Crippen LogP contribution in [0.15, 0.2) is 11.9 Å². The van der Waals surface area contributed by atoms with Crippen LogP contribution in [0.3, 0.4) is 0 Å². The Morgan fingerprint density at radius 1 is 1.03 bits per heavy atom. The maximum atomic E-state index is 7.87. The van der Waals surface area contributed by atoms with Crippen molar-refractivity contribution in [2.75, 3.05) is 44.0 Å². The van der Waals surface area contributed by atoms with Crippen molar-refractivity contribution in [2.24, 2.45) is 0 Å². The highest BCUT2D eigenvalue weighted by atomic mass is 32.1. The van der Waals surface area contributed by atoms with Gasteiger partial charge in [-0.1, -0.05) is 0 Å². The second-order valence-electron chi connectivity index (χ2n) is 11.1. The second-order valence-corrected chi connectivity index (χ2v) is 11.8. The molecule has 200 valence electrons. The molecule has 10 nitrogen and oxygen atoms in total. The Bertz CT molecular complexity index is 1130. The molecule has 5 aliphatic rings. The summed E-state index contributed by atoms with van der Waals surface area (Å²) in [5.41, 5.74) is 1.59. The number of anilines is 2. The Hall–Kier alpha value is -2.34. The number of nitrogens with zero attached hydrogens (tertiary/aromatic N) is 5. The Morgan fingerprint density at radius 3 is 2.49 bits per heavy atom. The molecule has 2 bridgehead atoms. The molecule has 2 aromatic rings. The third kappa shape index (κ3) is 5.32. The van der Waals surface area contributed by atoms with Gasteiger partial charge in [-0.15, -0.1) is 0 Å². The standard InChI is InChI=1S/C26H39N9OS/c1-16-23-24(29-18-3-5-20(6-4-18)35-14-21-11-22(15-35)34(21)2)31-26(32-25(23)37-33-16)30-19(12-27)13-28-17-7-9-36-10-8-17/h12-13,17-18,20-22,27-28H,3-11,14-15H2,1-2H3,(H2,29,30,31,32)/b19-13+,27-12?/t18-,20-,21?,22?. The van der Waals surface area contributed by atoms with E-state index in [1.54, 1.807) is 0 Å². The summed E-state index contributed by atoms with van der Waals surface area (Å²) in [5.74, 6) is 1.34. The van der Waals surface area contributed by atoms with Crippen molar-refractivity contribution in [1.82, 2.24) is 29.5 Å². The molecule has 0 spiro atoms. The van der Waals surface area contributed by atoms with Gasteiger partial charge in [-0.25, -0.2) is 0 Å². The Labute approximate surface area is 222 Å². The van der Waals surface area contributed by atoms with Crippen LogP contribution in [0.1, 0.15) is 50.6 Å². The van der Waals surface area contributed by atoms with Crippen LogP contribution in [0.2, 0.25) is 0 Å². The number of likely N-dealkylation sites (N-methyl/N-ethyl adjacent to an activating group) is 1. The molecular formula is C26H39N9OS. The number of piperazine rings is 1. The number of ether oxygens (including phenoxy) is 1. The summed E-state index contributed by atoms with van der Waals surface area (Å²) in [6.45, 7) is 6.05. The van der Waals surface area contributed by atoms with Gasteiger partial charge in [0.25, 0.3) is 0 Å². The van der Waals surface area contributed by atoms with Gasteiger partial charge in [0.05, 0.1) is 16.8 Å². The molecule has 2 aromatic heterocycles. The number of nitrogens with one attached hydrogen (secondary N) is 4. The minimum absolute atomic E-state index is 0.363. The van der Waals surface area contributed by atoms with Crippen LogP contribution < -0.4 is 16.0 Å². The molecule has 4 saturated heterocycles. The minimum Gasteiger partial charge on any atom is -0.386 e. The molecule has 0 aromatic carbocycles. The third-order valence-corrected chi connectivity index (χ3v) is 9.59.